The van der Waals surface area contributed by atoms with E-state index in [9.17, 15) is 22.8 Å². The number of alkyl halides is 3. The molecule has 4 rings (SSSR count). The predicted molar refractivity (Wildman–Crippen MR) is 124 cm³/mol. The molecule has 35 heavy (non-hydrogen) atoms. The van der Waals surface area contributed by atoms with E-state index in [0.29, 0.717) is 47.6 Å². The maximum Gasteiger partial charge on any atom is 0.416 e. The van der Waals surface area contributed by atoms with Crippen LogP contribution in [0.25, 0.3) is 0 Å². The fourth-order valence-electron chi connectivity index (χ4n) is 4.62. The van der Waals surface area contributed by atoms with Crippen molar-refractivity contribution in [1.82, 2.24) is 5.32 Å². The van der Waals surface area contributed by atoms with Crippen molar-refractivity contribution in [3.8, 4) is 11.5 Å². The lowest BCUT2D eigenvalue weighted by atomic mass is 9.74. The van der Waals surface area contributed by atoms with Crippen molar-refractivity contribution in [2.75, 3.05) is 19.5 Å². The first kappa shape index (κ1) is 24.4. The number of ketones is 1. The van der Waals surface area contributed by atoms with E-state index in [4.69, 9.17) is 9.47 Å². The second-order valence-corrected chi connectivity index (χ2v) is 8.41. The lowest BCUT2D eigenvalue weighted by Crippen LogP contribution is -2.35. The summed E-state index contributed by atoms with van der Waals surface area (Å²) >= 11 is 0. The van der Waals surface area contributed by atoms with Crippen molar-refractivity contribution in [3.05, 3.63) is 76.1 Å². The molecule has 0 saturated carbocycles. The molecule has 2 N–H and O–H groups in total. The van der Waals surface area contributed by atoms with Gasteiger partial charge in [-0.05, 0) is 44.0 Å². The summed E-state index contributed by atoms with van der Waals surface area (Å²) in [5, 5.41) is 5.78. The number of anilines is 1. The molecule has 0 aromatic heterocycles. The van der Waals surface area contributed by atoms with E-state index in [1.165, 1.54) is 26.4 Å². The van der Waals surface area contributed by atoms with Gasteiger partial charge in [0.2, 0.25) is 0 Å². The van der Waals surface area contributed by atoms with Crippen molar-refractivity contribution in [3.63, 3.8) is 0 Å². The summed E-state index contributed by atoms with van der Waals surface area (Å²) in [7, 11) is 3.00. The third kappa shape index (κ3) is 4.76. The van der Waals surface area contributed by atoms with Gasteiger partial charge in [0.1, 0.15) is 11.5 Å². The van der Waals surface area contributed by atoms with E-state index in [2.05, 4.69) is 10.6 Å². The number of halogens is 3. The van der Waals surface area contributed by atoms with Gasteiger partial charge in [-0.3, -0.25) is 9.59 Å². The van der Waals surface area contributed by atoms with Crippen LogP contribution in [0.3, 0.4) is 0 Å². The molecule has 2 aliphatic rings. The first-order chi connectivity index (χ1) is 16.6. The van der Waals surface area contributed by atoms with Crippen LogP contribution in [0.5, 0.6) is 11.5 Å². The molecule has 0 spiro atoms. The van der Waals surface area contributed by atoms with Gasteiger partial charge in [-0.1, -0.05) is 12.1 Å². The Balaban J connectivity index is 1.81. The van der Waals surface area contributed by atoms with Crippen LogP contribution < -0.4 is 20.1 Å². The van der Waals surface area contributed by atoms with Crippen molar-refractivity contribution >= 4 is 17.4 Å². The number of rotatable bonds is 5. The van der Waals surface area contributed by atoms with Gasteiger partial charge in [-0.15, -0.1) is 0 Å². The first-order valence-electron chi connectivity index (χ1n) is 11.1. The van der Waals surface area contributed by atoms with Gasteiger partial charge in [-0.2, -0.15) is 13.2 Å². The van der Waals surface area contributed by atoms with Gasteiger partial charge in [-0.25, -0.2) is 0 Å². The maximum absolute atomic E-state index is 13.5. The number of carbonyl (C=O) groups is 2. The molecule has 1 aliphatic heterocycles. The monoisotopic (exact) mass is 486 g/mol. The van der Waals surface area contributed by atoms with E-state index in [-0.39, 0.29) is 17.0 Å². The number of allylic oxidation sites excluding steroid dienone is 3. The van der Waals surface area contributed by atoms with Gasteiger partial charge in [0.25, 0.3) is 5.91 Å². The second-order valence-electron chi connectivity index (χ2n) is 8.41. The van der Waals surface area contributed by atoms with E-state index < -0.39 is 23.6 Å². The number of nitrogens with one attached hydrogen (secondary N) is 2. The van der Waals surface area contributed by atoms with Gasteiger partial charge in [0, 0.05) is 46.3 Å². The van der Waals surface area contributed by atoms with Crippen LogP contribution in [0.2, 0.25) is 0 Å². The lowest BCUT2D eigenvalue weighted by molar-refractivity contribution is -0.137. The molecule has 0 fully saturated rings. The zero-order chi connectivity index (χ0) is 25.3. The Hall–Kier alpha value is -3.75. The number of Topliss-reactive ketones (excluding diaryl/α,β-unsaturated/α-hetero) is 1. The molecular weight excluding hydrogens is 461 g/mol. The molecule has 1 aliphatic carbocycles. The molecule has 1 atom stereocenters. The molecule has 0 saturated heterocycles. The summed E-state index contributed by atoms with van der Waals surface area (Å²) < 4.78 is 50.4. The number of amides is 1. The minimum absolute atomic E-state index is 0.000295. The Morgan fingerprint density at radius 1 is 1.09 bits per heavy atom. The molecule has 6 nitrogen and oxygen atoms in total. The molecule has 2 aromatic carbocycles. The molecule has 1 amide bonds. The standard InChI is InChI=1S/C26H25F3N2O4/c1-14-22(25(33)31-16-7-4-6-15(12-16)26(27,28)29)23(24-19(30-14)8-5-9-20(24)32)18-11-10-17(34-2)13-21(18)35-3/h4,6-7,10-13,23,30H,5,8-9H2,1-3H3,(H,31,33)/t23-/m0/s1. The number of benzene rings is 2. The third-order valence-corrected chi connectivity index (χ3v) is 6.22. The van der Waals surface area contributed by atoms with Crippen LogP contribution in [0.1, 0.15) is 43.2 Å². The summed E-state index contributed by atoms with van der Waals surface area (Å²) in [6, 6.07) is 9.56. The van der Waals surface area contributed by atoms with Crippen LogP contribution in [-0.2, 0) is 15.8 Å². The maximum atomic E-state index is 13.5. The number of ether oxygens (including phenoxy) is 2. The van der Waals surface area contributed by atoms with Crippen LogP contribution in [0.15, 0.2) is 65.0 Å². The second kappa shape index (κ2) is 9.48. The Bertz CT molecular complexity index is 1250. The molecule has 2 aromatic rings. The topological polar surface area (TPSA) is 76.7 Å². The molecule has 1 heterocycles. The highest BCUT2D eigenvalue weighted by Crippen LogP contribution is 2.46. The Labute approximate surface area is 200 Å². The fourth-order valence-corrected chi connectivity index (χ4v) is 4.62. The fraction of sp³-hybridized carbons (Fsp3) is 0.308. The molecule has 0 unspecified atom stereocenters. The zero-order valence-corrected chi connectivity index (χ0v) is 19.5. The predicted octanol–water partition coefficient (Wildman–Crippen LogP) is 5.33. The first-order valence-corrected chi connectivity index (χ1v) is 11.1. The number of methoxy groups -OCH3 is 2. The molecule has 184 valence electrons. The van der Waals surface area contributed by atoms with Gasteiger partial charge < -0.3 is 20.1 Å². The average Bonchev–Trinajstić information content (AvgIpc) is 2.82. The highest BCUT2D eigenvalue weighted by Gasteiger charge is 2.40. The van der Waals surface area contributed by atoms with E-state index in [0.717, 1.165) is 17.8 Å². The van der Waals surface area contributed by atoms with Crippen molar-refractivity contribution < 1.29 is 32.2 Å². The van der Waals surface area contributed by atoms with Crippen LogP contribution in [0.4, 0.5) is 18.9 Å². The SMILES string of the molecule is COc1ccc([C@H]2C(C(=O)Nc3cccc(C(F)(F)F)c3)=C(C)NC3=C2C(=O)CCC3)c(OC)c1. The Kier molecular flexibility index (Phi) is 6.60. The van der Waals surface area contributed by atoms with Gasteiger partial charge in [0.15, 0.2) is 5.78 Å². The molecule has 9 heteroatoms. The summed E-state index contributed by atoms with van der Waals surface area (Å²) in [5.74, 6) is -0.482. The average molecular weight is 486 g/mol. The van der Waals surface area contributed by atoms with Crippen molar-refractivity contribution in [1.29, 1.82) is 0 Å². The summed E-state index contributed by atoms with van der Waals surface area (Å²) in [6.45, 7) is 1.72. The summed E-state index contributed by atoms with van der Waals surface area (Å²) in [5.41, 5.74) is 1.69. The van der Waals surface area contributed by atoms with Gasteiger partial charge in [0.05, 0.1) is 25.7 Å². The summed E-state index contributed by atoms with van der Waals surface area (Å²) in [4.78, 5) is 26.6. The van der Waals surface area contributed by atoms with Crippen molar-refractivity contribution in [2.45, 2.75) is 38.3 Å². The van der Waals surface area contributed by atoms with Crippen LogP contribution >= 0.6 is 0 Å². The quantitative estimate of drug-likeness (QED) is 0.598. The minimum atomic E-state index is -4.55. The van der Waals surface area contributed by atoms with Crippen molar-refractivity contribution in [2.24, 2.45) is 0 Å². The number of carbonyl (C=O) groups excluding carboxylic acids is 2. The third-order valence-electron chi connectivity index (χ3n) is 6.22. The minimum Gasteiger partial charge on any atom is -0.497 e. The molecular formula is C26H25F3N2O4. The van der Waals surface area contributed by atoms with Gasteiger partial charge >= 0.3 is 6.18 Å². The zero-order valence-electron chi connectivity index (χ0n) is 19.5. The normalized spacial score (nSPS) is 18.1. The largest absolute Gasteiger partial charge is 0.497 e. The number of dihydropyridines is 1. The van der Waals surface area contributed by atoms with E-state index in [1.54, 1.807) is 25.1 Å². The number of hydrogen-bond donors (Lipinski definition) is 2. The number of hydrogen-bond acceptors (Lipinski definition) is 5. The molecule has 0 radical (unpaired) electrons. The highest BCUT2D eigenvalue weighted by molar-refractivity contribution is 6.10. The Morgan fingerprint density at radius 3 is 2.54 bits per heavy atom. The highest BCUT2D eigenvalue weighted by atomic mass is 19.4. The smallest absolute Gasteiger partial charge is 0.416 e. The van der Waals surface area contributed by atoms with Crippen LogP contribution in [0, 0.1) is 0 Å². The summed E-state index contributed by atoms with van der Waals surface area (Å²) in [6.07, 6.45) is -2.86. The van der Waals surface area contributed by atoms with E-state index >= 15 is 0 Å². The lowest BCUT2D eigenvalue weighted by Gasteiger charge is -2.35. The van der Waals surface area contributed by atoms with Crippen LogP contribution in [-0.4, -0.2) is 25.9 Å². The van der Waals surface area contributed by atoms with E-state index in [1.807, 2.05) is 0 Å². The molecule has 0 bridgehead atoms. The Morgan fingerprint density at radius 2 is 1.86 bits per heavy atom.